The van der Waals surface area contributed by atoms with Gasteiger partial charge in [0.25, 0.3) is 0 Å². The molecule has 0 bridgehead atoms. The number of rotatable bonds is 7. The fraction of sp³-hybridized carbons (Fsp3) is 0.0690. The molecule has 32 heavy (non-hydrogen) atoms. The Kier molecular flexibility index (Phi) is 6.47. The molecule has 0 aliphatic carbocycles. The van der Waals surface area contributed by atoms with Gasteiger partial charge < -0.3 is 9.64 Å². The number of carbonyl (C=O) groups is 1. The first-order valence-electron chi connectivity index (χ1n) is 10.5. The Morgan fingerprint density at radius 1 is 0.656 bits per heavy atom. The summed E-state index contributed by atoms with van der Waals surface area (Å²) in [6, 6.07) is 32.5. The highest BCUT2D eigenvalue weighted by atomic mass is 16.5. The molecule has 0 saturated carbocycles. The van der Waals surface area contributed by atoms with Crippen LogP contribution in [0.15, 0.2) is 97.1 Å². The first-order valence-corrected chi connectivity index (χ1v) is 10.5. The standard InChI is InChI=1S/C29H25NO2/c1-22-6-14-26(15-7-22)30(28-18-12-25(21-31)13-19-28)27-16-10-23(11-17-27)8-9-24-4-3-5-29(20-24)32-2/h3-21H,1-2H3/b9-8+. The molecule has 0 unspecified atom stereocenters. The van der Waals surface area contributed by atoms with Crippen molar-refractivity contribution in [2.75, 3.05) is 12.0 Å². The van der Waals surface area contributed by atoms with Crippen molar-refractivity contribution in [2.24, 2.45) is 0 Å². The van der Waals surface area contributed by atoms with Gasteiger partial charge in [-0.2, -0.15) is 0 Å². The lowest BCUT2D eigenvalue weighted by molar-refractivity contribution is 0.112. The zero-order valence-electron chi connectivity index (χ0n) is 18.2. The fourth-order valence-corrected chi connectivity index (χ4v) is 3.52. The number of nitrogens with zero attached hydrogens (tertiary/aromatic N) is 1. The summed E-state index contributed by atoms with van der Waals surface area (Å²) in [6.45, 7) is 2.08. The third-order valence-corrected chi connectivity index (χ3v) is 5.29. The summed E-state index contributed by atoms with van der Waals surface area (Å²) >= 11 is 0. The molecule has 0 saturated heterocycles. The van der Waals surface area contributed by atoms with Gasteiger partial charge >= 0.3 is 0 Å². The summed E-state index contributed by atoms with van der Waals surface area (Å²) in [7, 11) is 1.67. The van der Waals surface area contributed by atoms with Gasteiger partial charge in [0, 0.05) is 22.6 Å². The highest BCUT2D eigenvalue weighted by Crippen LogP contribution is 2.34. The van der Waals surface area contributed by atoms with Crippen molar-refractivity contribution in [1.29, 1.82) is 0 Å². The van der Waals surface area contributed by atoms with Crippen molar-refractivity contribution in [1.82, 2.24) is 0 Å². The van der Waals surface area contributed by atoms with Gasteiger partial charge in [-0.25, -0.2) is 0 Å². The lowest BCUT2D eigenvalue weighted by atomic mass is 10.1. The second-order valence-corrected chi connectivity index (χ2v) is 7.58. The third kappa shape index (κ3) is 4.96. The maximum Gasteiger partial charge on any atom is 0.150 e. The third-order valence-electron chi connectivity index (χ3n) is 5.29. The Bertz CT molecular complexity index is 1210. The molecule has 158 valence electrons. The van der Waals surface area contributed by atoms with Crippen LogP contribution in [0.4, 0.5) is 17.1 Å². The molecule has 0 N–H and O–H groups in total. The van der Waals surface area contributed by atoms with Crippen molar-refractivity contribution >= 4 is 35.5 Å². The smallest absolute Gasteiger partial charge is 0.150 e. The summed E-state index contributed by atoms with van der Waals surface area (Å²) in [5.41, 5.74) is 7.18. The SMILES string of the molecule is COc1cccc(/C=C/c2ccc(N(c3ccc(C)cc3)c3ccc(C=O)cc3)cc2)c1. The highest BCUT2D eigenvalue weighted by Gasteiger charge is 2.12. The predicted octanol–water partition coefficient (Wildman–Crippen LogP) is 7.46. The second kappa shape index (κ2) is 9.80. The molecule has 0 aliphatic heterocycles. The molecule has 4 aromatic carbocycles. The molecule has 3 nitrogen and oxygen atoms in total. The minimum Gasteiger partial charge on any atom is -0.497 e. The molecular formula is C29H25NO2. The van der Waals surface area contributed by atoms with Crippen molar-refractivity contribution in [3.8, 4) is 5.75 Å². The van der Waals surface area contributed by atoms with E-state index in [-0.39, 0.29) is 0 Å². The summed E-state index contributed by atoms with van der Waals surface area (Å²) in [4.78, 5) is 13.3. The van der Waals surface area contributed by atoms with Crippen LogP contribution in [0.25, 0.3) is 12.2 Å². The summed E-state index contributed by atoms with van der Waals surface area (Å²) in [5.74, 6) is 0.844. The number of ether oxygens (including phenoxy) is 1. The lowest BCUT2D eigenvalue weighted by Gasteiger charge is -2.25. The van der Waals surface area contributed by atoms with Crippen molar-refractivity contribution < 1.29 is 9.53 Å². The van der Waals surface area contributed by atoms with Gasteiger partial charge in [-0.1, -0.05) is 54.1 Å². The van der Waals surface area contributed by atoms with Crippen LogP contribution in [-0.2, 0) is 0 Å². The zero-order chi connectivity index (χ0) is 22.3. The van der Waals surface area contributed by atoms with Crippen LogP contribution in [-0.4, -0.2) is 13.4 Å². The molecule has 3 heteroatoms. The molecule has 0 spiro atoms. The Morgan fingerprint density at radius 3 is 1.75 bits per heavy atom. The summed E-state index contributed by atoms with van der Waals surface area (Å²) in [6.07, 6.45) is 5.03. The van der Waals surface area contributed by atoms with E-state index in [0.29, 0.717) is 5.56 Å². The maximum atomic E-state index is 11.1. The van der Waals surface area contributed by atoms with E-state index in [0.717, 1.165) is 40.2 Å². The van der Waals surface area contributed by atoms with E-state index < -0.39 is 0 Å². The second-order valence-electron chi connectivity index (χ2n) is 7.58. The average Bonchev–Trinajstić information content (AvgIpc) is 2.85. The summed E-state index contributed by atoms with van der Waals surface area (Å²) < 4.78 is 5.30. The van der Waals surface area contributed by atoms with E-state index in [1.165, 1.54) is 5.56 Å². The van der Waals surface area contributed by atoms with Gasteiger partial charge in [-0.3, -0.25) is 4.79 Å². The number of anilines is 3. The lowest BCUT2D eigenvalue weighted by Crippen LogP contribution is -2.09. The monoisotopic (exact) mass is 419 g/mol. The molecule has 0 heterocycles. The Labute approximate surface area is 189 Å². The van der Waals surface area contributed by atoms with Crippen LogP contribution in [0.2, 0.25) is 0 Å². The van der Waals surface area contributed by atoms with Crippen LogP contribution in [0.3, 0.4) is 0 Å². The average molecular weight is 420 g/mol. The number of benzene rings is 4. The van der Waals surface area contributed by atoms with Crippen molar-refractivity contribution in [3.63, 3.8) is 0 Å². The molecule has 0 radical (unpaired) electrons. The maximum absolute atomic E-state index is 11.1. The van der Waals surface area contributed by atoms with Crippen molar-refractivity contribution in [2.45, 2.75) is 6.92 Å². The predicted molar refractivity (Wildman–Crippen MR) is 133 cm³/mol. The van der Waals surface area contributed by atoms with Gasteiger partial charge in [0.05, 0.1) is 7.11 Å². The number of hydrogen-bond donors (Lipinski definition) is 0. The van der Waals surface area contributed by atoms with Gasteiger partial charge in [-0.05, 0) is 78.7 Å². The number of hydrogen-bond acceptors (Lipinski definition) is 3. The molecule has 0 atom stereocenters. The van der Waals surface area contributed by atoms with E-state index in [9.17, 15) is 4.79 Å². The molecule has 0 amide bonds. The van der Waals surface area contributed by atoms with Crippen LogP contribution in [0.5, 0.6) is 5.75 Å². The first kappa shape index (κ1) is 21.1. The van der Waals surface area contributed by atoms with Crippen LogP contribution in [0.1, 0.15) is 27.0 Å². The normalized spacial score (nSPS) is 10.8. The molecule has 4 rings (SSSR count). The first-order chi connectivity index (χ1) is 15.7. The van der Waals surface area contributed by atoms with E-state index in [2.05, 4.69) is 78.6 Å². The number of aryl methyl sites for hydroxylation is 1. The van der Waals surface area contributed by atoms with Gasteiger partial charge in [0.15, 0.2) is 0 Å². The van der Waals surface area contributed by atoms with Gasteiger partial charge in [-0.15, -0.1) is 0 Å². The molecule has 0 fully saturated rings. The van der Waals surface area contributed by atoms with Crippen LogP contribution >= 0.6 is 0 Å². The Morgan fingerprint density at radius 2 is 1.19 bits per heavy atom. The van der Waals surface area contributed by atoms with E-state index >= 15 is 0 Å². The number of aldehydes is 1. The van der Waals surface area contributed by atoms with E-state index in [1.54, 1.807) is 7.11 Å². The minimum absolute atomic E-state index is 0.663. The molecule has 0 aromatic heterocycles. The van der Waals surface area contributed by atoms with Crippen LogP contribution < -0.4 is 9.64 Å². The van der Waals surface area contributed by atoms with E-state index in [4.69, 9.17) is 4.74 Å². The Hall–Kier alpha value is -4.11. The largest absolute Gasteiger partial charge is 0.497 e. The molecule has 4 aromatic rings. The Balaban J connectivity index is 1.64. The number of carbonyl (C=O) groups excluding carboxylic acids is 1. The van der Waals surface area contributed by atoms with Gasteiger partial charge in [0.2, 0.25) is 0 Å². The summed E-state index contributed by atoms with van der Waals surface area (Å²) in [5, 5.41) is 0. The van der Waals surface area contributed by atoms with Crippen LogP contribution in [0, 0.1) is 6.92 Å². The quantitative estimate of drug-likeness (QED) is 0.230. The fourth-order valence-electron chi connectivity index (χ4n) is 3.52. The zero-order valence-corrected chi connectivity index (χ0v) is 18.2. The topological polar surface area (TPSA) is 29.5 Å². The van der Waals surface area contributed by atoms with E-state index in [1.807, 2.05) is 42.5 Å². The van der Waals surface area contributed by atoms with Gasteiger partial charge in [0.1, 0.15) is 12.0 Å². The van der Waals surface area contributed by atoms with Crippen molar-refractivity contribution in [3.05, 3.63) is 119 Å². The molecule has 0 aliphatic rings. The highest BCUT2D eigenvalue weighted by molar-refractivity contribution is 5.81. The minimum atomic E-state index is 0.663. The number of methoxy groups -OCH3 is 1. The molecular weight excluding hydrogens is 394 g/mol.